The molecule has 7 nitrogen and oxygen atoms in total. The van der Waals surface area contributed by atoms with Crippen molar-refractivity contribution < 1.29 is 13.3 Å². The number of hydrogen-bond donors (Lipinski definition) is 1. The second-order valence-electron chi connectivity index (χ2n) is 4.73. The quantitative estimate of drug-likeness (QED) is 0.667. The number of hydrogen-bond acceptors (Lipinski definition) is 6. The number of nitro groups is 1. The molecule has 0 bridgehead atoms. The van der Waals surface area contributed by atoms with Crippen LogP contribution in [0.5, 0.6) is 0 Å². The molecule has 1 heterocycles. The first-order valence-corrected chi connectivity index (χ1v) is 8.93. The van der Waals surface area contributed by atoms with E-state index in [1.165, 1.54) is 22.5 Å². The molecule has 1 unspecified atom stereocenters. The van der Waals surface area contributed by atoms with E-state index in [1.54, 1.807) is 18.8 Å². The summed E-state index contributed by atoms with van der Waals surface area (Å²) in [6, 6.07) is 4.07. The van der Waals surface area contributed by atoms with Crippen LogP contribution in [0, 0.1) is 10.1 Å². The topological polar surface area (TPSA) is 92.6 Å². The molecule has 1 aromatic carbocycles. The standard InChI is InChI=1S/C12H17N3O4S2/c1-9-8-14(5-6-20-9)21(18,19)12-4-3-10(13-2)7-11(12)15(16)17/h3-4,7,9,13H,5-6,8H2,1-2H3. The molecule has 1 aromatic rings. The molecule has 1 aliphatic heterocycles. The lowest BCUT2D eigenvalue weighted by Crippen LogP contribution is -2.41. The van der Waals surface area contributed by atoms with Crippen molar-refractivity contribution in [2.75, 3.05) is 31.2 Å². The number of nitrogens with one attached hydrogen (secondary N) is 1. The van der Waals surface area contributed by atoms with Gasteiger partial charge in [-0.2, -0.15) is 16.1 Å². The van der Waals surface area contributed by atoms with Crippen molar-refractivity contribution in [2.45, 2.75) is 17.1 Å². The van der Waals surface area contributed by atoms with Crippen molar-refractivity contribution in [1.29, 1.82) is 0 Å². The van der Waals surface area contributed by atoms with Crippen LogP contribution in [0.4, 0.5) is 11.4 Å². The SMILES string of the molecule is CNc1ccc(S(=O)(=O)N2CCSC(C)C2)c([N+](=O)[O-])c1. The van der Waals surface area contributed by atoms with Gasteiger partial charge in [-0.05, 0) is 12.1 Å². The molecular weight excluding hydrogens is 314 g/mol. The summed E-state index contributed by atoms with van der Waals surface area (Å²) in [6.45, 7) is 2.70. The van der Waals surface area contributed by atoms with E-state index in [4.69, 9.17) is 0 Å². The Hall–Kier alpha value is -1.32. The number of benzene rings is 1. The molecule has 0 radical (unpaired) electrons. The number of nitro benzene ring substituents is 1. The van der Waals surface area contributed by atoms with Crippen molar-refractivity contribution in [3.8, 4) is 0 Å². The molecule has 116 valence electrons. The van der Waals surface area contributed by atoms with E-state index in [0.29, 0.717) is 24.5 Å². The van der Waals surface area contributed by atoms with E-state index in [0.717, 1.165) is 0 Å². The number of anilines is 1. The van der Waals surface area contributed by atoms with Gasteiger partial charge in [0, 0.05) is 42.9 Å². The summed E-state index contributed by atoms with van der Waals surface area (Å²) in [5.74, 6) is 0.697. The maximum Gasteiger partial charge on any atom is 0.291 e. The second kappa shape index (κ2) is 6.20. The van der Waals surface area contributed by atoms with Gasteiger partial charge in [-0.15, -0.1) is 0 Å². The van der Waals surface area contributed by atoms with E-state index in [2.05, 4.69) is 5.32 Å². The zero-order valence-corrected chi connectivity index (χ0v) is 13.4. The minimum absolute atomic E-state index is 0.184. The molecule has 1 aliphatic rings. The van der Waals surface area contributed by atoms with Gasteiger partial charge in [0.15, 0.2) is 4.90 Å². The van der Waals surface area contributed by atoms with Crippen LogP contribution in [0.3, 0.4) is 0 Å². The van der Waals surface area contributed by atoms with Gasteiger partial charge in [0.25, 0.3) is 5.69 Å². The molecular formula is C12H17N3O4S2. The first-order chi connectivity index (χ1) is 9.86. The third-order valence-electron chi connectivity index (χ3n) is 3.27. The van der Waals surface area contributed by atoms with Gasteiger partial charge in [-0.25, -0.2) is 8.42 Å². The molecule has 0 aromatic heterocycles. The molecule has 1 saturated heterocycles. The lowest BCUT2D eigenvalue weighted by Gasteiger charge is -2.29. The minimum Gasteiger partial charge on any atom is -0.388 e. The van der Waals surface area contributed by atoms with Crippen LogP contribution in [0.1, 0.15) is 6.92 Å². The van der Waals surface area contributed by atoms with Crippen molar-refractivity contribution >= 4 is 33.2 Å². The molecule has 0 aliphatic carbocycles. The molecule has 21 heavy (non-hydrogen) atoms. The van der Waals surface area contributed by atoms with Gasteiger partial charge in [-0.3, -0.25) is 10.1 Å². The summed E-state index contributed by atoms with van der Waals surface area (Å²) in [7, 11) is -2.22. The van der Waals surface area contributed by atoms with Crippen LogP contribution in [-0.2, 0) is 10.0 Å². The highest BCUT2D eigenvalue weighted by atomic mass is 32.2. The lowest BCUT2D eigenvalue weighted by molar-refractivity contribution is -0.387. The minimum atomic E-state index is -3.85. The number of nitrogens with zero attached hydrogens (tertiary/aromatic N) is 2. The van der Waals surface area contributed by atoms with Crippen LogP contribution in [0.15, 0.2) is 23.1 Å². The zero-order chi connectivity index (χ0) is 15.6. The fourth-order valence-corrected chi connectivity index (χ4v) is 5.07. The Bertz CT molecular complexity index is 648. The highest BCUT2D eigenvalue weighted by Crippen LogP contribution is 2.31. The average molecular weight is 331 g/mol. The van der Waals surface area contributed by atoms with Crippen LogP contribution < -0.4 is 5.32 Å². The Morgan fingerprint density at radius 2 is 2.19 bits per heavy atom. The molecule has 0 spiro atoms. The predicted molar refractivity (Wildman–Crippen MR) is 83.3 cm³/mol. The summed E-state index contributed by atoms with van der Waals surface area (Å²) < 4.78 is 26.6. The maximum atomic E-state index is 12.6. The normalized spacial score (nSPS) is 20.2. The van der Waals surface area contributed by atoms with Crippen LogP contribution >= 0.6 is 11.8 Å². The van der Waals surface area contributed by atoms with E-state index in [1.807, 2.05) is 6.92 Å². The van der Waals surface area contributed by atoms with Crippen LogP contribution in [-0.4, -0.2) is 48.8 Å². The van der Waals surface area contributed by atoms with E-state index < -0.39 is 20.6 Å². The number of sulfonamides is 1. The fourth-order valence-electron chi connectivity index (χ4n) is 2.18. The molecule has 0 amide bonds. The smallest absolute Gasteiger partial charge is 0.291 e. The second-order valence-corrected chi connectivity index (χ2v) is 8.19. The zero-order valence-electron chi connectivity index (χ0n) is 11.8. The lowest BCUT2D eigenvalue weighted by atomic mass is 10.3. The maximum absolute atomic E-state index is 12.6. The van der Waals surface area contributed by atoms with Crippen LogP contribution in [0.25, 0.3) is 0 Å². The first-order valence-electron chi connectivity index (χ1n) is 6.44. The largest absolute Gasteiger partial charge is 0.388 e. The number of rotatable bonds is 4. The van der Waals surface area contributed by atoms with Gasteiger partial charge in [0.1, 0.15) is 0 Å². The Morgan fingerprint density at radius 1 is 1.48 bits per heavy atom. The fraction of sp³-hybridized carbons (Fsp3) is 0.500. The van der Waals surface area contributed by atoms with Crippen molar-refractivity contribution in [2.24, 2.45) is 0 Å². The van der Waals surface area contributed by atoms with Gasteiger partial charge in [0.2, 0.25) is 10.0 Å². The average Bonchev–Trinajstić information content (AvgIpc) is 2.46. The molecule has 2 rings (SSSR count). The highest BCUT2D eigenvalue weighted by Gasteiger charge is 2.34. The third kappa shape index (κ3) is 3.30. The molecule has 1 N–H and O–H groups in total. The summed E-state index contributed by atoms with van der Waals surface area (Å²) >= 11 is 1.70. The summed E-state index contributed by atoms with van der Waals surface area (Å²) in [5, 5.41) is 14.1. The van der Waals surface area contributed by atoms with Gasteiger partial charge < -0.3 is 5.32 Å². The Balaban J connectivity index is 2.46. The van der Waals surface area contributed by atoms with Gasteiger partial charge in [0.05, 0.1) is 4.92 Å². The molecule has 1 atom stereocenters. The Labute approximate surface area is 127 Å². The van der Waals surface area contributed by atoms with E-state index in [9.17, 15) is 18.5 Å². The van der Waals surface area contributed by atoms with Crippen molar-refractivity contribution in [3.05, 3.63) is 28.3 Å². The number of thioether (sulfide) groups is 1. The predicted octanol–water partition coefficient (Wildman–Crippen LogP) is 1.76. The van der Waals surface area contributed by atoms with E-state index in [-0.39, 0.29) is 10.1 Å². The van der Waals surface area contributed by atoms with Crippen molar-refractivity contribution in [3.63, 3.8) is 0 Å². The highest BCUT2D eigenvalue weighted by molar-refractivity contribution is 8.00. The Kier molecular flexibility index (Phi) is 4.74. The summed E-state index contributed by atoms with van der Waals surface area (Å²) in [6.07, 6.45) is 0. The van der Waals surface area contributed by atoms with Crippen molar-refractivity contribution in [1.82, 2.24) is 4.31 Å². The molecule has 0 saturated carbocycles. The Morgan fingerprint density at radius 3 is 2.76 bits per heavy atom. The monoisotopic (exact) mass is 331 g/mol. The summed E-state index contributed by atoms with van der Waals surface area (Å²) in [5.41, 5.74) is 0.107. The molecule has 9 heteroatoms. The van der Waals surface area contributed by atoms with E-state index >= 15 is 0 Å². The van der Waals surface area contributed by atoms with Gasteiger partial charge in [-0.1, -0.05) is 6.92 Å². The van der Waals surface area contributed by atoms with Crippen LogP contribution in [0.2, 0.25) is 0 Å². The summed E-state index contributed by atoms with van der Waals surface area (Å²) in [4.78, 5) is 10.3. The van der Waals surface area contributed by atoms with Gasteiger partial charge >= 0.3 is 0 Å². The third-order valence-corrected chi connectivity index (χ3v) is 6.31. The first kappa shape index (κ1) is 16.1. The molecule has 1 fully saturated rings.